The summed E-state index contributed by atoms with van der Waals surface area (Å²) in [5.41, 5.74) is 3.02. The smallest absolute Gasteiger partial charge is 0.216 e. The third-order valence-electron chi connectivity index (χ3n) is 2.83. The largest absolute Gasteiger partial charge is 0.358 e. The first-order valence-electron chi connectivity index (χ1n) is 5.59. The van der Waals surface area contributed by atoms with E-state index in [0.29, 0.717) is 13.0 Å². The normalized spacial score (nSPS) is 10.8. The highest BCUT2D eigenvalue weighted by Gasteiger charge is 2.08. The number of carbonyl (C=O) groups is 1. The Morgan fingerprint density at radius 2 is 2.24 bits per heavy atom. The molecule has 2 aromatic rings. The van der Waals surface area contributed by atoms with Crippen molar-refractivity contribution >= 4 is 16.8 Å². The second-order valence-corrected chi connectivity index (χ2v) is 4.15. The Morgan fingerprint density at radius 1 is 1.47 bits per heavy atom. The Hall–Kier alpha value is -1.84. The van der Waals surface area contributed by atoms with Gasteiger partial charge in [0.1, 0.15) is 5.82 Å². The monoisotopic (exact) mass is 234 g/mol. The molecule has 1 aromatic carbocycles. The Labute approximate surface area is 99.0 Å². The van der Waals surface area contributed by atoms with Crippen LogP contribution in [-0.2, 0) is 11.2 Å². The predicted molar refractivity (Wildman–Crippen MR) is 65.4 cm³/mol. The molecule has 0 bridgehead atoms. The van der Waals surface area contributed by atoms with Crippen LogP contribution in [0.25, 0.3) is 10.9 Å². The van der Waals surface area contributed by atoms with Gasteiger partial charge in [-0.3, -0.25) is 4.79 Å². The first-order valence-corrected chi connectivity index (χ1v) is 5.59. The molecule has 2 N–H and O–H groups in total. The summed E-state index contributed by atoms with van der Waals surface area (Å²) in [7, 11) is 0. The summed E-state index contributed by atoms with van der Waals surface area (Å²) >= 11 is 0. The lowest BCUT2D eigenvalue weighted by Crippen LogP contribution is -2.22. The number of aryl methyl sites for hydroxylation is 1. The molecule has 0 saturated heterocycles. The number of H-pyrrole nitrogens is 1. The number of aromatic nitrogens is 1. The number of rotatable bonds is 3. The molecule has 0 atom stereocenters. The van der Waals surface area contributed by atoms with Gasteiger partial charge in [0.05, 0.1) is 0 Å². The SMILES string of the molecule is CC(=O)NCCc1c(C)[nH]c2ccc(F)cc12. The molecular weight excluding hydrogens is 219 g/mol. The Kier molecular flexibility index (Phi) is 3.13. The first kappa shape index (κ1) is 11.6. The lowest BCUT2D eigenvalue weighted by atomic mass is 10.1. The van der Waals surface area contributed by atoms with Crippen LogP contribution in [0, 0.1) is 12.7 Å². The zero-order valence-electron chi connectivity index (χ0n) is 9.93. The van der Waals surface area contributed by atoms with E-state index in [2.05, 4.69) is 10.3 Å². The van der Waals surface area contributed by atoms with Crippen LogP contribution >= 0.6 is 0 Å². The molecule has 0 fully saturated rings. The molecular formula is C13H15FN2O. The summed E-state index contributed by atoms with van der Waals surface area (Å²) in [4.78, 5) is 14.0. The van der Waals surface area contributed by atoms with E-state index in [1.807, 2.05) is 6.92 Å². The summed E-state index contributed by atoms with van der Waals surface area (Å²) in [6.07, 6.45) is 0.703. The summed E-state index contributed by atoms with van der Waals surface area (Å²) in [5.74, 6) is -0.286. The molecule has 0 radical (unpaired) electrons. The zero-order chi connectivity index (χ0) is 12.4. The van der Waals surface area contributed by atoms with Crippen molar-refractivity contribution in [2.45, 2.75) is 20.3 Å². The van der Waals surface area contributed by atoms with Gasteiger partial charge in [0, 0.05) is 30.1 Å². The molecule has 2 rings (SSSR count). The van der Waals surface area contributed by atoms with Crippen LogP contribution < -0.4 is 5.32 Å². The number of nitrogens with one attached hydrogen (secondary N) is 2. The fourth-order valence-electron chi connectivity index (χ4n) is 2.04. The standard InChI is InChI=1S/C13H15FN2O/c1-8-11(5-6-15-9(2)17)12-7-10(14)3-4-13(12)16-8/h3-4,7,16H,5-6H2,1-2H3,(H,15,17). The number of amides is 1. The highest BCUT2D eigenvalue weighted by Crippen LogP contribution is 2.23. The van der Waals surface area contributed by atoms with E-state index in [4.69, 9.17) is 0 Å². The second-order valence-electron chi connectivity index (χ2n) is 4.15. The molecule has 0 aliphatic carbocycles. The summed E-state index contributed by atoms with van der Waals surface area (Å²) in [6, 6.07) is 4.71. The lowest BCUT2D eigenvalue weighted by Gasteiger charge is -2.02. The van der Waals surface area contributed by atoms with Crippen LogP contribution in [-0.4, -0.2) is 17.4 Å². The van der Waals surface area contributed by atoms with E-state index in [1.54, 1.807) is 6.07 Å². The summed E-state index contributed by atoms with van der Waals surface area (Å²) in [6.45, 7) is 4.02. The van der Waals surface area contributed by atoms with E-state index in [1.165, 1.54) is 19.1 Å². The van der Waals surface area contributed by atoms with Gasteiger partial charge in [0.25, 0.3) is 0 Å². The van der Waals surface area contributed by atoms with Gasteiger partial charge in [0.15, 0.2) is 0 Å². The van der Waals surface area contributed by atoms with Gasteiger partial charge < -0.3 is 10.3 Å². The molecule has 0 spiro atoms. The van der Waals surface area contributed by atoms with Crippen molar-refractivity contribution < 1.29 is 9.18 Å². The van der Waals surface area contributed by atoms with Gasteiger partial charge >= 0.3 is 0 Å². The maximum absolute atomic E-state index is 13.2. The molecule has 1 amide bonds. The third-order valence-corrected chi connectivity index (χ3v) is 2.83. The van der Waals surface area contributed by atoms with Gasteiger partial charge in [-0.25, -0.2) is 4.39 Å². The topological polar surface area (TPSA) is 44.9 Å². The molecule has 1 heterocycles. The van der Waals surface area contributed by atoms with Crippen LogP contribution in [0.1, 0.15) is 18.2 Å². The van der Waals surface area contributed by atoms with Gasteiger partial charge in [-0.1, -0.05) is 0 Å². The molecule has 0 saturated carbocycles. The van der Waals surface area contributed by atoms with Crippen molar-refractivity contribution in [3.63, 3.8) is 0 Å². The fraction of sp³-hybridized carbons (Fsp3) is 0.308. The summed E-state index contributed by atoms with van der Waals surface area (Å²) in [5, 5.41) is 3.64. The molecule has 90 valence electrons. The molecule has 17 heavy (non-hydrogen) atoms. The minimum atomic E-state index is -0.239. The van der Waals surface area contributed by atoms with Gasteiger partial charge in [-0.2, -0.15) is 0 Å². The van der Waals surface area contributed by atoms with Crippen LogP contribution in [0.3, 0.4) is 0 Å². The number of carbonyl (C=O) groups excluding carboxylic acids is 1. The number of halogens is 1. The average Bonchev–Trinajstić information content (AvgIpc) is 2.55. The Balaban J connectivity index is 2.28. The van der Waals surface area contributed by atoms with Crippen molar-refractivity contribution in [3.8, 4) is 0 Å². The van der Waals surface area contributed by atoms with E-state index >= 15 is 0 Å². The molecule has 0 aliphatic rings. The van der Waals surface area contributed by atoms with Gasteiger partial charge in [-0.05, 0) is 37.1 Å². The van der Waals surface area contributed by atoms with E-state index in [-0.39, 0.29) is 11.7 Å². The highest BCUT2D eigenvalue weighted by molar-refractivity contribution is 5.84. The molecule has 1 aromatic heterocycles. The van der Waals surface area contributed by atoms with Crippen LogP contribution in [0.4, 0.5) is 4.39 Å². The average molecular weight is 234 g/mol. The third kappa shape index (κ3) is 2.46. The predicted octanol–water partition coefficient (Wildman–Crippen LogP) is 2.29. The number of hydrogen-bond donors (Lipinski definition) is 2. The fourth-order valence-corrected chi connectivity index (χ4v) is 2.04. The van der Waals surface area contributed by atoms with Crippen LogP contribution in [0.5, 0.6) is 0 Å². The van der Waals surface area contributed by atoms with Crippen LogP contribution in [0.15, 0.2) is 18.2 Å². The number of hydrogen-bond acceptors (Lipinski definition) is 1. The second kappa shape index (κ2) is 4.57. The molecule has 0 unspecified atom stereocenters. The maximum atomic E-state index is 13.2. The molecule has 4 heteroatoms. The highest BCUT2D eigenvalue weighted by atomic mass is 19.1. The van der Waals surface area contributed by atoms with Crippen molar-refractivity contribution in [1.82, 2.24) is 10.3 Å². The molecule has 0 aliphatic heterocycles. The van der Waals surface area contributed by atoms with E-state index < -0.39 is 0 Å². The Morgan fingerprint density at radius 3 is 2.94 bits per heavy atom. The number of fused-ring (bicyclic) bond motifs is 1. The van der Waals surface area contributed by atoms with Crippen molar-refractivity contribution in [2.24, 2.45) is 0 Å². The van der Waals surface area contributed by atoms with E-state index in [9.17, 15) is 9.18 Å². The van der Waals surface area contributed by atoms with Crippen molar-refractivity contribution in [3.05, 3.63) is 35.3 Å². The van der Waals surface area contributed by atoms with E-state index in [0.717, 1.165) is 22.2 Å². The number of aromatic amines is 1. The minimum Gasteiger partial charge on any atom is -0.358 e. The quantitative estimate of drug-likeness (QED) is 0.841. The number of benzene rings is 1. The van der Waals surface area contributed by atoms with Crippen LogP contribution in [0.2, 0.25) is 0 Å². The van der Waals surface area contributed by atoms with Gasteiger partial charge in [-0.15, -0.1) is 0 Å². The maximum Gasteiger partial charge on any atom is 0.216 e. The summed E-state index contributed by atoms with van der Waals surface area (Å²) < 4.78 is 13.2. The molecule has 3 nitrogen and oxygen atoms in total. The van der Waals surface area contributed by atoms with Crippen molar-refractivity contribution in [2.75, 3.05) is 6.54 Å². The Bertz CT molecular complexity index is 560. The van der Waals surface area contributed by atoms with Gasteiger partial charge in [0.2, 0.25) is 5.91 Å². The van der Waals surface area contributed by atoms with Crippen molar-refractivity contribution in [1.29, 1.82) is 0 Å². The first-order chi connectivity index (χ1) is 8.08. The lowest BCUT2D eigenvalue weighted by molar-refractivity contribution is -0.118. The zero-order valence-corrected chi connectivity index (χ0v) is 9.93. The minimum absolute atomic E-state index is 0.0475.